The fraction of sp³-hybridized carbons (Fsp3) is 0.333. The summed E-state index contributed by atoms with van der Waals surface area (Å²) in [5.41, 5.74) is 0.826. The Kier molecular flexibility index (Phi) is 4.74. The van der Waals surface area contributed by atoms with Gasteiger partial charge in [0.2, 0.25) is 10.0 Å². The molecule has 0 aliphatic heterocycles. The first kappa shape index (κ1) is 15.0. The van der Waals surface area contributed by atoms with Gasteiger partial charge in [0, 0.05) is 38.1 Å². The summed E-state index contributed by atoms with van der Waals surface area (Å²) >= 11 is 5.60. The first-order chi connectivity index (χ1) is 9.54. The topological polar surface area (TPSA) is 68.1 Å². The van der Waals surface area contributed by atoms with Crippen LogP contribution in [0.3, 0.4) is 0 Å². The Labute approximate surface area is 123 Å². The van der Waals surface area contributed by atoms with E-state index in [1.807, 2.05) is 6.07 Å². The highest BCUT2D eigenvalue weighted by molar-refractivity contribution is 7.89. The van der Waals surface area contributed by atoms with Crippen LogP contribution in [0.25, 0.3) is 0 Å². The van der Waals surface area contributed by atoms with Crippen LogP contribution in [0, 0.1) is 0 Å². The number of halogens is 1. The quantitative estimate of drug-likeness (QED) is 0.755. The molecule has 2 heterocycles. The molecule has 2 rings (SSSR count). The molecule has 2 aromatic rings. The maximum Gasteiger partial charge on any atom is 0.246 e. The van der Waals surface area contributed by atoms with E-state index >= 15 is 0 Å². The first-order valence-electron chi connectivity index (χ1n) is 5.97. The van der Waals surface area contributed by atoms with Crippen molar-refractivity contribution in [2.45, 2.75) is 18.0 Å². The van der Waals surface area contributed by atoms with E-state index in [0.717, 1.165) is 5.56 Å². The second-order valence-corrected chi connectivity index (χ2v) is 6.67. The third-order valence-electron chi connectivity index (χ3n) is 2.76. The van der Waals surface area contributed by atoms with Gasteiger partial charge in [-0.1, -0.05) is 6.07 Å². The van der Waals surface area contributed by atoms with Crippen LogP contribution in [-0.2, 0) is 23.1 Å². The van der Waals surface area contributed by atoms with Crippen molar-refractivity contribution in [3.63, 3.8) is 0 Å². The smallest absolute Gasteiger partial charge is 0.246 e. The number of nitrogens with zero attached hydrogens (tertiary/aromatic N) is 4. The summed E-state index contributed by atoms with van der Waals surface area (Å²) in [7, 11) is -2.03. The van der Waals surface area contributed by atoms with Crippen molar-refractivity contribution >= 4 is 21.6 Å². The number of alkyl halides is 1. The second kappa shape index (κ2) is 6.34. The molecule has 6 nitrogen and oxygen atoms in total. The molecule has 2 aromatic heterocycles. The van der Waals surface area contributed by atoms with Crippen LogP contribution in [0.4, 0.5) is 0 Å². The van der Waals surface area contributed by atoms with Gasteiger partial charge in [0.25, 0.3) is 0 Å². The van der Waals surface area contributed by atoms with Crippen molar-refractivity contribution in [3.8, 4) is 0 Å². The molecule has 108 valence electrons. The third-order valence-corrected chi connectivity index (χ3v) is 4.68. The Morgan fingerprint density at radius 1 is 1.40 bits per heavy atom. The molecule has 8 heteroatoms. The van der Waals surface area contributed by atoms with Gasteiger partial charge in [-0.2, -0.15) is 9.40 Å². The van der Waals surface area contributed by atoms with Gasteiger partial charge in [0.15, 0.2) is 0 Å². The molecule has 0 saturated carbocycles. The van der Waals surface area contributed by atoms with E-state index in [0.29, 0.717) is 12.4 Å². The number of rotatable bonds is 6. The maximum atomic E-state index is 12.4. The minimum atomic E-state index is -3.56. The van der Waals surface area contributed by atoms with Crippen molar-refractivity contribution in [1.82, 2.24) is 19.1 Å². The van der Waals surface area contributed by atoms with E-state index in [1.54, 1.807) is 18.5 Å². The standard InChI is InChI=1S/C12H15ClN4O2S/c1-16(9-11-3-2-5-14-7-11)20(18,19)12-8-15-17(10-12)6-4-13/h2-3,5,7-8,10H,4,6,9H2,1H3. The number of hydrogen-bond donors (Lipinski definition) is 0. The average Bonchev–Trinajstić information content (AvgIpc) is 2.89. The summed E-state index contributed by atoms with van der Waals surface area (Å²) < 4.78 is 27.5. The molecule has 0 N–H and O–H groups in total. The normalized spacial score (nSPS) is 11.9. The molecule has 0 fully saturated rings. The van der Waals surface area contributed by atoms with Crippen molar-refractivity contribution in [1.29, 1.82) is 0 Å². The van der Waals surface area contributed by atoms with Crippen LogP contribution in [0.15, 0.2) is 41.8 Å². The molecule has 20 heavy (non-hydrogen) atoms. The lowest BCUT2D eigenvalue weighted by Gasteiger charge is -2.15. The molecule has 0 radical (unpaired) electrons. The lowest BCUT2D eigenvalue weighted by Crippen LogP contribution is -2.26. The molecule has 0 spiro atoms. The van der Waals surface area contributed by atoms with E-state index in [4.69, 9.17) is 11.6 Å². The van der Waals surface area contributed by atoms with E-state index in [2.05, 4.69) is 10.1 Å². The van der Waals surface area contributed by atoms with Gasteiger partial charge in [0.1, 0.15) is 4.90 Å². The van der Waals surface area contributed by atoms with Gasteiger partial charge in [-0.25, -0.2) is 8.42 Å². The van der Waals surface area contributed by atoms with Crippen molar-refractivity contribution < 1.29 is 8.42 Å². The zero-order valence-electron chi connectivity index (χ0n) is 11.0. The fourth-order valence-electron chi connectivity index (χ4n) is 1.70. The molecular weight excluding hydrogens is 300 g/mol. The summed E-state index contributed by atoms with van der Waals surface area (Å²) in [5, 5.41) is 3.98. The number of sulfonamides is 1. The van der Waals surface area contributed by atoms with Crippen LogP contribution in [-0.4, -0.2) is 40.4 Å². The largest absolute Gasteiger partial charge is 0.270 e. The lowest BCUT2D eigenvalue weighted by molar-refractivity contribution is 0.466. The molecule has 0 saturated heterocycles. The monoisotopic (exact) mass is 314 g/mol. The molecular formula is C12H15ClN4O2S. The Balaban J connectivity index is 2.16. The van der Waals surface area contributed by atoms with E-state index in [-0.39, 0.29) is 11.4 Å². The van der Waals surface area contributed by atoms with Crippen LogP contribution >= 0.6 is 11.6 Å². The number of pyridine rings is 1. The SMILES string of the molecule is CN(Cc1cccnc1)S(=O)(=O)c1cnn(CCCl)c1. The van der Waals surface area contributed by atoms with Crippen LogP contribution < -0.4 is 0 Å². The van der Waals surface area contributed by atoms with E-state index < -0.39 is 10.0 Å². The Bertz CT molecular complexity index is 657. The second-order valence-electron chi connectivity index (χ2n) is 4.25. The molecule has 0 aliphatic rings. The third kappa shape index (κ3) is 3.36. The summed E-state index contributed by atoms with van der Waals surface area (Å²) in [6, 6.07) is 3.60. The van der Waals surface area contributed by atoms with Gasteiger partial charge in [-0.05, 0) is 11.6 Å². The average molecular weight is 315 g/mol. The highest BCUT2D eigenvalue weighted by Crippen LogP contribution is 2.15. The Morgan fingerprint density at radius 2 is 2.20 bits per heavy atom. The Hall–Kier alpha value is -1.44. The highest BCUT2D eigenvalue weighted by atomic mass is 35.5. The summed E-state index contributed by atoms with van der Waals surface area (Å²) in [6.45, 7) is 0.736. The Morgan fingerprint density at radius 3 is 2.85 bits per heavy atom. The molecule has 0 atom stereocenters. The highest BCUT2D eigenvalue weighted by Gasteiger charge is 2.22. The molecule has 0 aromatic carbocycles. The van der Waals surface area contributed by atoms with Gasteiger partial charge >= 0.3 is 0 Å². The maximum absolute atomic E-state index is 12.4. The summed E-state index contributed by atoms with van der Waals surface area (Å²) in [6.07, 6.45) is 6.11. The summed E-state index contributed by atoms with van der Waals surface area (Å²) in [5.74, 6) is 0.382. The molecule has 0 unspecified atom stereocenters. The molecule has 0 bridgehead atoms. The van der Waals surface area contributed by atoms with E-state index in [9.17, 15) is 8.42 Å². The van der Waals surface area contributed by atoms with Gasteiger partial charge < -0.3 is 0 Å². The molecule has 0 amide bonds. The predicted molar refractivity (Wildman–Crippen MR) is 75.8 cm³/mol. The van der Waals surface area contributed by atoms with Crippen LogP contribution in [0.2, 0.25) is 0 Å². The minimum Gasteiger partial charge on any atom is -0.270 e. The van der Waals surface area contributed by atoms with Crippen molar-refractivity contribution in [2.24, 2.45) is 0 Å². The number of aryl methyl sites for hydroxylation is 1. The lowest BCUT2D eigenvalue weighted by atomic mass is 10.3. The number of aromatic nitrogens is 3. The summed E-state index contributed by atoms with van der Waals surface area (Å²) in [4.78, 5) is 4.13. The first-order valence-corrected chi connectivity index (χ1v) is 7.95. The van der Waals surface area contributed by atoms with Crippen molar-refractivity contribution in [2.75, 3.05) is 12.9 Å². The van der Waals surface area contributed by atoms with Gasteiger partial charge in [-0.3, -0.25) is 9.67 Å². The van der Waals surface area contributed by atoms with Crippen LogP contribution in [0.5, 0.6) is 0 Å². The van der Waals surface area contributed by atoms with Crippen LogP contribution in [0.1, 0.15) is 5.56 Å². The van der Waals surface area contributed by atoms with Gasteiger partial charge in [-0.15, -0.1) is 11.6 Å². The molecule has 0 aliphatic carbocycles. The van der Waals surface area contributed by atoms with E-state index in [1.165, 1.54) is 28.4 Å². The minimum absolute atomic E-state index is 0.161. The predicted octanol–water partition coefficient (Wildman–Crippen LogP) is 1.34. The fourth-order valence-corrected chi connectivity index (χ4v) is 2.99. The van der Waals surface area contributed by atoms with Crippen molar-refractivity contribution in [3.05, 3.63) is 42.5 Å². The zero-order valence-corrected chi connectivity index (χ0v) is 12.5. The number of hydrogen-bond acceptors (Lipinski definition) is 4. The zero-order chi connectivity index (χ0) is 14.6. The van der Waals surface area contributed by atoms with Gasteiger partial charge in [0.05, 0.1) is 12.7 Å².